The van der Waals surface area contributed by atoms with Crippen molar-refractivity contribution in [1.29, 1.82) is 5.26 Å². The molecular weight excluding hydrogens is 354 g/mol. The predicted molar refractivity (Wildman–Crippen MR) is 99.3 cm³/mol. The number of hydrazone groups is 1. The number of H-pyrrole nitrogens is 1. The number of aromatic amines is 1. The Balaban J connectivity index is 1.91. The molecule has 0 aliphatic rings. The van der Waals surface area contributed by atoms with Crippen LogP contribution in [0.4, 0.5) is 5.95 Å². The molecule has 0 spiro atoms. The van der Waals surface area contributed by atoms with Gasteiger partial charge in [-0.2, -0.15) is 10.4 Å². The molecule has 0 fully saturated rings. The highest BCUT2D eigenvalue weighted by molar-refractivity contribution is 6.30. The third-order valence-corrected chi connectivity index (χ3v) is 3.68. The van der Waals surface area contributed by atoms with Crippen LogP contribution in [0.1, 0.15) is 11.1 Å². The zero-order valence-electron chi connectivity index (χ0n) is 13.3. The first kappa shape index (κ1) is 17.2. The molecule has 3 rings (SSSR count). The molecule has 0 unspecified atom stereocenters. The highest BCUT2D eigenvalue weighted by Gasteiger charge is 2.13. The zero-order chi connectivity index (χ0) is 18.5. The van der Waals surface area contributed by atoms with Crippen LogP contribution >= 0.6 is 11.6 Å². The first-order valence-corrected chi connectivity index (χ1v) is 7.83. The number of hydrogen-bond donors (Lipinski definition) is 3. The summed E-state index contributed by atoms with van der Waals surface area (Å²) in [5.41, 5.74) is 3.51. The van der Waals surface area contributed by atoms with Gasteiger partial charge in [-0.25, -0.2) is 10.4 Å². The average molecular weight is 366 g/mol. The van der Waals surface area contributed by atoms with Gasteiger partial charge in [0.25, 0.3) is 5.56 Å². The molecule has 2 aromatic carbocycles. The summed E-state index contributed by atoms with van der Waals surface area (Å²) in [5.74, 6) is 0.245. The number of benzene rings is 2. The van der Waals surface area contributed by atoms with E-state index >= 15 is 0 Å². The van der Waals surface area contributed by atoms with E-state index in [-0.39, 0.29) is 23.0 Å². The lowest BCUT2D eigenvalue weighted by Crippen LogP contribution is -2.16. The summed E-state index contributed by atoms with van der Waals surface area (Å²) >= 11 is 5.87. The van der Waals surface area contributed by atoms with E-state index in [2.05, 4.69) is 20.5 Å². The molecule has 3 N–H and O–H groups in total. The second kappa shape index (κ2) is 7.51. The van der Waals surface area contributed by atoms with Crippen LogP contribution in [-0.4, -0.2) is 21.3 Å². The fraction of sp³-hybridized carbons (Fsp3) is 0. The molecule has 1 aromatic heterocycles. The van der Waals surface area contributed by atoms with Crippen LogP contribution in [0.15, 0.2) is 58.4 Å². The molecule has 0 aliphatic carbocycles. The summed E-state index contributed by atoms with van der Waals surface area (Å²) in [4.78, 5) is 18.9. The lowest BCUT2D eigenvalue weighted by Gasteiger charge is -2.06. The van der Waals surface area contributed by atoms with Crippen molar-refractivity contribution < 1.29 is 5.11 Å². The van der Waals surface area contributed by atoms with Crippen LogP contribution in [-0.2, 0) is 0 Å². The quantitative estimate of drug-likeness (QED) is 0.485. The number of nitrogens with one attached hydrogen (secondary N) is 2. The van der Waals surface area contributed by atoms with Gasteiger partial charge < -0.3 is 5.11 Å². The van der Waals surface area contributed by atoms with Crippen LogP contribution in [0.5, 0.6) is 5.75 Å². The Labute approximate surface area is 153 Å². The van der Waals surface area contributed by atoms with Gasteiger partial charge in [-0.05, 0) is 42.0 Å². The van der Waals surface area contributed by atoms with Gasteiger partial charge in [-0.15, -0.1) is 0 Å². The number of halogens is 1. The van der Waals surface area contributed by atoms with Gasteiger partial charge in [0, 0.05) is 10.6 Å². The fourth-order valence-corrected chi connectivity index (χ4v) is 2.30. The highest BCUT2D eigenvalue weighted by atomic mass is 35.5. The largest absolute Gasteiger partial charge is 0.508 e. The standard InChI is InChI=1S/C18H12ClN5O2/c19-13-5-3-12(4-6-13)16-15(9-20)17(26)23-18(22-16)24-21-10-11-1-7-14(25)8-2-11/h1-8,10,25H,(H2,22,23,24,26). The van der Waals surface area contributed by atoms with Gasteiger partial charge in [0.15, 0.2) is 0 Å². The molecule has 128 valence electrons. The molecular formula is C18H12ClN5O2. The van der Waals surface area contributed by atoms with Crippen molar-refractivity contribution in [3.8, 4) is 23.1 Å². The van der Waals surface area contributed by atoms with E-state index in [0.29, 0.717) is 10.6 Å². The van der Waals surface area contributed by atoms with Crippen LogP contribution in [0, 0.1) is 11.3 Å². The van der Waals surface area contributed by atoms with Gasteiger partial charge in [0.2, 0.25) is 5.95 Å². The monoisotopic (exact) mass is 365 g/mol. The Kier molecular flexibility index (Phi) is 4.97. The van der Waals surface area contributed by atoms with E-state index in [1.165, 1.54) is 18.3 Å². The lowest BCUT2D eigenvalue weighted by molar-refractivity contribution is 0.475. The molecule has 26 heavy (non-hydrogen) atoms. The third-order valence-electron chi connectivity index (χ3n) is 3.43. The van der Waals surface area contributed by atoms with Gasteiger partial charge >= 0.3 is 0 Å². The number of anilines is 1. The first-order valence-electron chi connectivity index (χ1n) is 7.45. The average Bonchev–Trinajstić information content (AvgIpc) is 2.63. The second-order valence-corrected chi connectivity index (χ2v) is 5.65. The highest BCUT2D eigenvalue weighted by Crippen LogP contribution is 2.22. The minimum atomic E-state index is -0.574. The Hall–Kier alpha value is -3.63. The summed E-state index contributed by atoms with van der Waals surface area (Å²) in [6.07, 6.45) is 1.50. The molecule has 0 amide bonds. The van der Waals surface area contributed by atoms with Crippen molar-refractivity contribution in [2.75, 3.05) is 5.43 Å². The van der Waals surface area contributed by atoms with Crippen LogP contribution in [0.25, 0.3) is 11.3 Å². The predicted octanol–water partition coefficient (Wildman–Crippen LogP) is 3.11. The number of nitriles is 1. The van der Waals surface area contributed by atoms with Crippen molar-refractivity contribution in [1.82, 2.24) is 9.97 Å². The fourth-order valence-electron chi connectivity index (χ4n) is 2.17. The minimum absolute atomic E-state index is 0.0916. The topological polar surface area (TPSA) is 114 Å². The zero-order valence-corrected chi connectivity index (χ0v) is 14.0. The normalized spacial score (nSPS) is 10.6. The Bertz CT molecular complexity index is 1050. The van der Waals surface area contributed by atoms with Crippen LogP contribution in [0.3, 0.4) is 0 Å². The second-order valence-electron chi connectivity index (χ2n) is 5.22. The van der Waals surface area contributed by atoms with Crippen LogP contribution < -0.4 is 11.0 Å². The molecule has 0 radical (unpaired) electrons. The first-order chi connectivity index (χ1) is 12.6. The number of aromatic hydroxyl groups is 1. The molecule has 0 bridgehead atoms. The summed E-state index contributed by atoms with van der Waals surface area (Å²) in [7, 11) is 0. The maximum absolute atomic E-state index is 12.1. The number of nitrogens with zero attached hydrogens (tertiary/aromatic N) is 3. The van der Waals surface area contributed by atoms with E-state index in [9.17, 15) is 15.2 Å². The molecule has 1 heterocycles. The maximum Gasteiger partial charge on any atom is 0.270 e. The summed E-state index contributed by atoms with van der Waals surface area (Å²) in [6, 6.07) is 14.9. The van der Waals surface area contributed by atoms with E-state index in [1.807, 2.05) is 6.07 Å². The molecule has 0 saturated heterocycles. The molecule has 0 saturated carbocycles. The Morgan fingerprint density at radius 1 is 1.19 bits per heavy atom. The molecule has 3 aromatic rings. The molecule has 0 atom stereocenters. The minimum Gasteiger partial charge on any atom is -0.508 e. The number of phenolic OH excluding ortho intramolecular Hbond substituents is 1. The van der Waals surface area contributed by atoms with Gasteiger partial charge in [0.1, 0.15) is 17.4 Å². The van der Waals surface area contributed by atoms with Gasteiger partial charge in [-0.1, -0.05) is 23.7 Å². The lowest BCUT2D eigenvalue weighted by atomic mass is 10.1. The van der Waals surface area contributed by atoms with Crippen molar-refractivity contribution in [3.63, 3.8) is 0 Å². The smallest absolute Gasteiger partial charge is 0.270 e. The van der Waals surface area contributed by atoms with Crippen molar-refractivity contribution >= 4 is 23.8 Å². The maximum atomic E-state index is 12.1. The Morgan fingerprint density at radius 3 is 2.54 bits per heavy atom. The van der Waals surface area contributed by atoms with Crippen molar-refractivity contribution in [2.24, 2.45) is 5.10 Å². The van der Waals surface area contributed by atoms with E-state index < -0.39 is 5.56 Å². The summed E-state index contributed by atoms with van der Waals surface area (Å²) in [6.45, 7) is 0. The van der Waals surface area contributed by atoms with Gasteiger partial charge in [0.05, 0.1) is 11.9 Å². The SMILES string of the molecule is N#Cc1c(-c2ccc(Cl)cc2)nc(NN=Cc2ccc(O)cc2)[nH]c1=O. The number of phenols is 1. The summed E-state index contributed by atoms with van der Waals surface area (Å²) in [5, 5.41) is 23.0. The third kappa shape index (κ3) is 3.88. The number of aromatic nitrogens is 2. The molecule has 7 nitrogen and oxygen atoms in total. The van der Waals surface area contributed by atoms with Crippen molar-refractivity contribution in [2.45, 2.75) is 0 Å². The van der Waals surface area contributed by atoms with E-state index in [1.54, 1.807) is 36.4 Å². The van der Waals surface area contributed by atoms with Gasteiger partial charge in [-0.3, -0.25) is 9.78 Å². The Morgan fingerprint density at radius 2 is 1.88 bits per heavy atom. The van der Waals surface area contributed by atoms with E-state index in [0.717, 1.165) is 5.56 Å². The van der Waals surface area contributed by atoms with Crippen LogP contribution in [0.2, 0.25) is 5.02 Å². The number of rotatable bonds is 4. The van der Waals surface area contributed by atoms with Crippen molar-refractivity contribution in [3.05, 3.63) is 75.0 Å². The van der Waals surface area contributed by atoms with E-state index in [4.69, 9.17) is 11.6 Å². The molecule has 8 heteroatoms. The summed E-state index contributed by atoms with van der Waals surface area (Å²) < 4.78 is 0. The number of hydrogen-bond acceptors (Lipinski definition) is 6. The molecule has 0 aliphatic heterocycles.